The summed E-state index contributed by atoms with van der Waals surface area (Å²) in [6.07, 6.45) is 2.84. The number of nitrogens with zero attached hydrogens (tertiary/aromatic N) is 1. The normalized spacial score (nSPS) is 16.5. The van der Waals surface area contributed by atoms with Gasteiger partial charge in [-0.2, -0.15) is 0 Å². The summed E-state index contributed by atoms with van der Waals surface area (Å²) >= 11 is 0. The largest absolute Gasteiger partial charge is 0.445 e. The van der Waals surface area contributed by atoms with Gasteiger partial charge in [-0.1, -0.05) is 42.0 Å². The lowest BCUT2D eigenvalue weighted by Crippen LogP contribution is -2.45. The van der Waals surface area contributed by atoms with Gasteiger partial charge in [-0.3, -0.25) is 4.90 Å². The Balaban J connectivity index is 1.59. The first-order chi connectivity index (χ1) is 17.1. The van der Waals surface area contributed by atoms with Crippen molar-refractivity contribution in [3.8, 4) is 0 Å². The Morgan fingerprint density at radius 1 is 1.19 bits per heavy atom. The van der Waals surface area contributed by atoms with Crippen LogP contribution in [0, 0.1) is 5.82 Å². The molecule has 3 aromatic rings. The first kappa shape index (κ1) is 25.3. The molecule has 36 heavy (non-hydrogen) atoms. The number of aromatic amines is 1. The molecule has 2 heterocycles. The lowest BCUT2D eigenvalue weighted by Gasteiger charge is -2.33. The van der Waals surface area contributed by atoms with Crippen molar-refractivity contribution in [3.63, 3.8) is 0 Å². The van der Waals surface area contributed by atoms with Crippen molar-refractivity contribution in [2.45, 2.75) is 51.9 Å². The van der Waals surface area contributed by atoms with Gasteiger partial charge < -0.3 is 19.8 Å². The molecule has 0 bridgehead atoms. The van der Waals surface area contributed by atoms with E-state index in [0.717, 1.165) is 22.1 Å². The number of fused-ring (bicyclic) bond motifs is 1. The maximum absolute atomic E-state index is 13.8. The lowest BCUT2D eigenvalue weighted by atomic mass is 9.90. The van der Waals surface area contributed by atoms with Crippen LogP contribution in [0.3, 0.4) is 0 Å². The number of amides is 2. The molecule has 2 amide bonds. The minimum atomic E-state index is -0.647. The number of H-pyrrole nitrogens is 1. The van der Waals surface area contributed by atoms with E-state index < -0.39 is 17.8 Å². The molecule has 0 fully saturated rings. The molecule has 8 heteroatoms. The molecule has 7 nitrogen and oxygen atoms in total. The van der Waals surface area contributed by atoms with Crippen molar-refractivity contribution < 1.29 is 23.5 Å². The number of aromatic nitrogens is 1. The number of carbonyl (C=O) groups is 2. The van der Waals surface area contributed by atoms with Gasteiger partial charge in [0.25, 0.3) is 0 Å². The molecule has 0 radical (unpaired) electrons. The summed E-state index contributed by atoms with van der Waals surface area (Å²) in [5.74, 6) is -0.680. The molecule has 0 spiro atoms. The molecule has 1 aliphatic rings. The van der Waals surface area contributed by atoms with E-state index in [-0.39, 0.29) is 30.9 Å². The van der Waals surface area contributed by atoms with E-state index in [1.807, 2.05) is 64.1 Å². The van der Waals surface area contributed by atoms with Crippen LogP contribution in [0.15, 0.2) is 66.4 Å². The van der Waals surface area contributed by atoms with Gasteiger partial charge in [0.15, 0.2) is 0 Å². The van der Waals surface area contributed by atoms with Crippen LogP contribution in [0.5, 0.6) is 0 Å². The topological polar surface area (TPSA) is 83.7 Å². The Hall–Kier alpha value is -3.81. The minimum absolute atomic E-state index is 0.149. The number of hydrogen-bond donors (Lipinski definition) is 2. The molecule has 190 valence electrons. The van der Waals surface area contributed by atoms with Crippen molar-refractivity contribution in [1.82, 2.24) is 15.2 Å². The summed E-state index contributed by atoms with van der Waals surface area (Å²) in [6, 6.07) is 13.6. The van der Waals surface area contributed by atoms with Gasteiger partial charge in [0.1, 0.15) is 18.0 Å². The number of alkyl carbamates (subject to hydrolysis) is 1. The maximum atomic E-state index is 13.8. The van der Waals surface area contributed by atoms with Gasteiger partial charge in [0, 0.05) is 36.1 Å². The highest BCUT2D eigenvalue weighted by atomic mass is 19.1. The first-order valence-electron chi connectivity index (χ1n) is 12.0. The van der Waals surface area contributed by atoms with Crippen molar-refractivity contribution in [1.29, 1.82) is 0 Å². The monoisotopic (exact) mass is 493 g/mol. The molecule has 1 aliphatic heterocycles. The van der Waals surface area contributed by atoms with E-state index in [1.54, 1.807) is 17.2 Å². The van der Waals surface area contributed by atoms with E-state index in [0.29, 0.717) is 12.1 Å². The molecule has 0 aliphatic carbocycles. The van der Waals surface area contributed by atoms with Crippen LogP contribution in [-0.2, 0) is 16.1 Å². The zero-order valence-electron chi connectivity index (χ0n) is 21.0. The average Bonchev–Trinajstić information content (AvgIpc) is 3.41. The highest BCUT2D eigenvalue weighted by Crippen LogP contribution is 2.35. The molecule has 2 aromatic carbocycles. The van der Waals surface area contributed by atoms with Gasteiger partial charge in [0.2, 0.25) is 0 Å². The van der Waals surface area contributed by atoms with Gasteiger partial charge in [0.05, 0.1) is 6.04 Å². The second kappa shape index (κ2) is 10.4. The maximum Gasteiger partial charge on any atom is 0.411 e. The fourth-order valence-electron chi connectivity index (χ4n) is 4.46. The van der Waals surface area contributed by atoms with Gasteiger partial charge in [-0.15, -0.1) is 0 Å². The summed E-state index contributed by atoms with van der Waals surface area (Å²) < 4.78 is 24.9. The third-order valence-corrected chi connectivity index (χ3v) is 6.03. The molecule has 1 aromatic heterocycles. The number of halogens is 1. The summed E-state index contributed by atoms with van der Waals surface area (Å²) in [5, 5.41) is 3.68. The molecular formula is C28H32FN3O4. The van der Waals surface area contributed by atoms with Crippen molar-refractivity contribution in [3.05, 3.63) is 83.3 Å². The summed E-state index contributed by atoms with van der Waals surface area (Å²) in [5.41, 5.74) is 2.76. The van der Waals surface area contributed by atoms with Crippen LogP contribution in [0.2, 0.25) is 0 Å². The van der Waals surface area contributed by atoms with Crippen LogP contribution in [-0.4, -0.2) is 46.8 Å². The van der Waals surface area contributed by atoms with Crippen molar-refractivity contribution in [2.75, 3.05) is 13.1 Å². The van der Waals surface area contributed by atoms with E-state index >= 15 is 0 Å². The van der Waals surface area contributed by atoms with Crippen LogP contribution < -0.4 is 5.32 Å². The summed E-state index contributed by atoms with van der Waals surface area (Å²) in [4.78, 5) is 30.5. The number of hydrogen-bond acceptors (Lipinski definition) is 4. The minimum Gasteiger partial charge on any atom is -0.445 e. The summed E-state index contributed by atoms with van der Waals surface area (Å²) in [6.45, 7) is 8.21. The van der Waals surface area contributed by atoms with Crippen LogP contribution in [0.25, 0.3) is 10.9 Å². The fraction of sp³-hybridized carbons (Fsp3) is 0.357. The quantitative estimate of drug-likeness (QED) is 0.420. The van der Waals surface area contributed by atoms with Gasteiger partial charge >= 0.3 is 12.2 Å². The summed E-state index contributed by atoms with van der Waals surface area (Å²) in [7, 11) is 0. The van der Waals surface area contributed by atoms with E-state index in [2.05, 4.69) is 10.3 Å². The second-order valence-electron chi connectivity index (χ2n) is 10.1. The Morgan fingerprint density at radius 2 is 1.94 bits per heavy atom. The Morgan fingerprint density at radius 3 is 2.67 bits per heavy atom. The first-order valence-corrected chi connectivity index (χ1v) is 12.0. The lowest BCUT2D eigenvalue weighted by molar-refractivity contribution is 0.0221. The third kappa shape index (κ3) is 6.05. The number of ether oxygens (including phenoxy) is 2. The number of carbonyl (C=O) groups excluding carboxylic acids is 2. The molecule has 2 unspecified atom stereocenters. The number of nitrogens with one attached hydrogen (secondary N) is 2. The predicted octanol–water partition coefficient (Wildman–Crippen LogP) is 5.88. The Kier molecular flexibility index (Phi) is 7.33. The van der Waals surface area contributed by atoms with Gasteiger partial charge in [-0.25, -0.2) is 14.0 Å². The van der Waals surface area contributed by atoms with E-state index in [1.165, 1.54) is 12.1 Å². The Labute approximate surface area is 210 Å². The molecule has 2 atom stereocenters. The predicted molar refractivity (Wildman–Crippen MR) is 136 cm³/mol. The van der Waals surface area contributed by atoms with E-state index in [9.17, 15) is 14.0 Å². The standard InChI is InChI=1S/C28H32FN3O4/c1-18-12-25(32(16-18)27(34)36-28(2,3)4)23(22-14-30-24-13-20(29)10-11-21(22)24)15-31-26(33)35-17-19-8-6-5-7-9-19/h5-14,23,25,30H,15-17H2,1-4H3,(H,31,33). The molecule has 2 N–H and O–H groups in total. The van der Waals surface area contributed by atoms with Crippen molar-refractivity contribution >= 4 is 23.1 Å². The highest BCUT2D eigenvalue weighted by molar-refractivity contribution is 5.84. The smallest absolute Gasteiger partial charge is 0.411 e. The SMILES string of the molecule is CC1=CC(C(CNC(=O)OCc2ccccc2)c2c[nH]c3cc(F)ccc23)N(C(=O)OC(C)(C)C)C1. The van der Waals surface area contributed by atoms with Crippen LogP contribution in [0.1, 0.15) is 44.7 Å². The zero-order valence-corrected chi connectivity index (χ0v) is 21.0. The molecular weight excluding hydrogens is 461 g/mol. The van der Waals surface area contributed by atoms with Crippen LogP contribution >= 0.6 is 0 Å². The molecule has 0 saturated carbocycles. The number of benzene rings is 2. The van der Waals surface area contributed by atoms with Crippen molar-refractivity contribution in [2.24, 2.45) is 0 Å². The number of rotatable bonds is 6. The molecule has 0 saturated heterocycles. The second-order valence-corrected chi connectivity index (χ2v) is 10.1. The average molecular weight is 494 g/mol. The van der Waals surface area contributed by atoms with Crippen LogP contribution in [0.4, 0.5) is 14.0 Å². The molecule has 4 rings (SSSR count). The fourth-order valence-corrected chi connectivity index (χ4v) is 4.46. The highest BCUT2D eigenvalue weighted by Gasteiger charge is 2.37. The third-order valence-electron chi connectivity index (χ3n) is 6.03. The van der Waals surface area contributed by atoms with E-state index in [4.69, 9.17) is 9.47 Å². The Bertz CT molecular complexity index is 1260. The van der Waals surface area contributed by atoms with Gasteiger partial charge in [-0.05, 0) is 57.0 Å². The zero-order chi connectivity index (χ0) is 25.9.